The van der Waals surface area contributed by atoms with Crippen molar-refractivity contribution in [1.82, 2.24) is 0 Å². The van der Waals surface area contributed by atoms with Crippen LogP contribution in [0.2, 0.25) is 4.82 Å². The molecule has 0 saturated carbocycles. The van der Waals surface area contributed by atoms with Gasteiger partial charge >= 0.3 is 163 Å². The Labute approximate surface area is 162 Å². The molecule has 0 radical (unpaired) electrons. The molecule has 5 heteroatoms. The molecule has 0 aromatic heterocycles. The quantitative estimate of drug-likeness (QED) is 0.386. The first-order chi connectivity index (χ1) is 12.2. The Morgan fingerprint density at radius 2 is 1.80 bits per heavy atom. The molecule has 130 valence electrons. The third kappa shape index (κ3) is 3.70. The van der Waals surface area contributed by atoms with Crippen molar-refractivity contribution in [3.63, 3.8) is 0 Å². The number of benzene rings is 2. The van der Waals surface area contributed by atoms with Crippen molar-refractivity contribution in [2.45, 2.75) is 28.3 Å². The summed E-state index contributed by atoms with van der Waals surface area (Å²) in [5.74, 6) is 0.0472. The van der Waals surface area contributed by atoms with Gasteiger partial charge in [-0.1, -0.05) is 0 Å². The van der Waals surface area contributed by atoms with E-state index in [1.165, 1.54) is 4.46 Å². The summed E-state index contributed by atoms with van der Waals surface area (Å²) in [4.78, 5) is 13.1. The minimum atomic E-state index is -0.246. The number of carbonyl (C=O) groups is 1. The monoisotopic (exact) mass is 466 g/mol. The summed E-state index contributed by atoms with van der Waals surface area (Å²) in [5.41, 5.74) is 0.606. The number of carbonyl (C=O) groups excluding carboxylic acids is 1. The molecule has 2 fully saturated rings. The van der Waals surface area contributed by atoms with Crippen molar-refractivity contribution in [2.75, 3.05) is 6.61 Å². The molecule has 2 aliphatic rings. The molecule has 2 aliphatic heterocycles. The minimum absolute atomic E-state index is 0.179. The third-order valence-electron chi connectivity index (χ3n) is 4.78. The van der Waals surface area contributed by atoms with E-state index < -0.39 is 0 Å². The van der Waals surface area contributed by atoms with Gasteiger partial charge in [-0.25, -0.2) is 0 Å². The van der Waals surface area contributed by atoms with Crippen LogP contribution in [0.4, 0.5) is 0 Å². The molecule has 5 atom stereocenters. The van der Waals surface area contributed by atoms with E-state index in [0.29, 0.717) is 42.7 Å². The molecule has 0 unspecified atom stereocenters. The van der Waals surface area contributed by atoms with Gasteiger partial charge in [-0.05, 0) is 0 Å². The molecule has 25 heavy (non-hydrogen) atoms. The molecule has 2 bridgehead atoms. The molecule has 0 spiro atoms. The summed E-state index contributed by atoms with van der Waals surface area (Å²) < 4.78 is 13.2. The number of ether oxygens (including phenoxy) is 2. The van der Waals surface area contributed by atoms with Crippen LogP contribution in [0.3, 0.4) is 0 Å². The first-order valence-electron chi connectivity index (χ1n) is 8.46. The van der Waals surface area contributed by atoms with E-state index in [2.05, 4.69) is 40.2 Å². The van der Waals surface area contributed by atoms with Crippen molar-refractivity contribution in [3.05, 3.63) is 66.2 Å². The van der Waals surface area contributed by atoms with E-state index in [1.54, 1.807) is 12.1 Å². The van der Waals surface area contributed by atoms with E-state index in [-0.39, 0.29) is 18.2 Å². The van der Waals surface area contributed by atoms with Gasteiger partial charge in [0.05, 0.1) is 0 Å². The van der Waals surface area contributed by atoms with Gasteiger partial charge in [0.1, 0.15) is 0 Å². The molecule has 3 nitrogen and oxygen atoms in total. The van der Waals surface area contributed by atoms with Gasteiger partial charge in [-0.15, -0.1) is 0 Å². The van der Waals surface area contributed by atoms with Crippen molar-refractivity contribution >= 4 is 41.3 Å². The van der Waals surface area contributed by atoms with Crippen LogP contribution in [0.15, 0.2) is 60.7 Å². The van der Waals surface area contributed by atoms with Crippen LogP contribution in [0, 0.1) is 5.92 Å². The average Bonchev–Trinajstić information content (AvgIpc) is 3.20. The molecule has 2 aromatic rings. The van der Waals surface area contributed by atoms with Crippen molar-refractivity contribution in [1.29, 1.82) is 0 Å². The Morgan fingerprint density at radius 1 is 1.12 bits per heavy atom. The van der Waals surface area contributed by atoms with Crippen LogP contribution in [-0.2, 0) is 9.47 Å². The van der Waals surface area contributed by atoms with Crippen LogP contribution in [0.5, 0.6) is 0 Å². The zero-order valence-corrected chi connectivity index (χ0v) is 16.9. The summed E-state index contributed by atoms with van der Waals surface area (Å²) in [6, 6.07) is 19.8. The van der Waals surface area contributed by atoms with Gasteiger partial charge in [0.25, 0.3) is 0 Å². The third-order valence-corrected chi connectivity index (χ3v) is 9.62. The second kappa shape index (κ2) is 7.63. The second-order valence-electron chi connectivity index (χ2n) is 6.44. The topological polar surface area (TPSA) is 35.5 Å². The maximum absolute atomic E-state index is 12.2. The summed E-state index contributed by atoms with van der Waals surface area (Å²) in [6.07, 6.45) is 1.38. The Hall–Kier alpha value is -1.13. The van der Waals surface area contributed by atoms with Gasteiger partial charge in [0.15, 0.2) is 0 Å². The molecule has 0 amide bonds. The summed E-state index contributed by atoms with van der Waals surface area (Å²) >= 11 is 4.19. The van der Waals surface area contributed by atoms with Crippen LogP contribution in [-0.4, -0.2) is 44.6 Å². The Morgan fingerprint density at radius 3 is 2.48 bits per heavy atom. The summed E-state index contributed by atoms with van der Waals surface area (Å²) in [5, 5.41) is 0. The molecular weight excluding hydrogens is 447 g/mol. The van der Waals surface area contributed by atoms with E-state index in [1.807, 2.05) is 24.3 Å². The number of alkyl halides is 1. The van der Waals surface area contributed by atoms with Gasteiger partial charge in [0.2, 0.25) is 0 Å². The number of fused-ring (bicyclic) bond motifs is 2. The Bertz CT molecular complexity index is 724. The molecule has 0 aliphatic carbocycles. The SMILES string of the molecule is O=C(OC[C@H]1C[C@@H]2O[C@H]1[C@@H]([Se]c1ccccc1)[C@@H]2Br)c1ccccc1. The summed E-state index contributed by atoms with van der Waals surface area (Å²) in [6.45, 7) is 0.440. The summed E-state index contributed by atoms with van der Waals surface area (Å²) in [7, 11) is 0. The van der Waals surface area contributed by atoms with Crippen LogP contribution < -0.4 is 4.46 Å². The van der Waals surface area contributed by atoms with Gasteiger partial charge in [0, 0.05) is 0 Å². The zero-order chi connectivity index (χ0) is 17.2. The number of hydrogen-bond acceptors (Lipinski definition) is 3. The molecule has 2 heterocycles. The van der Waals surface area contributed by atoms with Crippen LogP contribution >= 0.6 is 15.9 Å². The van der Waals surface area contributed by atoms with Gasteiger partial charge in [-0.2, -0.15) is 0 Å². The number of rotatable bonds is 5. The number of halogens is 1. The predicted octanol–water partition coefficient (Wildman–Crippen LogP) is 3.21. The fraction of sp³-hybridized carbons (Fsp3) is 0.350. The van der Waals surface area contributed by atoms with Crippen molar-refractivity contribution in [3.8, 4) is 0 Å². The second-order valence-corrected chi connectivity index (χ2v) is 10.1. The van der Waals surface area contributed by atoms with Crippen LogP contribution in [0.1, 0.15) is 16.8 Å². The zero-order valence-electron chi connectivity index (χ0n) is 13.6. The Kier molecular flexibility index (Phi) is 5.28. The molecular formula is C20H19BrO3Se. The first kappa shape index (κ1) is 17.3. The predicted molar refractivity (Wildman–Crippen MR) is 102 cm³/mol. The average molecular weight is 466 g/mol. The van der Waals surface area contributed by atoms with E-state index in [4.69, 9.17) is 9.47 Å². The number of hydrogen-bond donors (Lipinski definition) is 0. The van der Waals surface area contributed by atoms with Crippen LogP contribution in [0.25, 0.3) is 0 Å². The van der Waals surface area contributed by atoms with E-state index in [0.717, 1.165) is 6.42 Å². The molecule has 4 rings (SSSR count). The van der Waals surface area contributed by atoms with E-state index >= 15 is 0 Å². The van der Waals surface area contributed by atoms with Gasteiger partial charge in [-0.3, -0.25) is 0 Å². The Balaban J connectivity index is 1.38. The molecule has 2 saturated heterocycles. The fourth-order valence-electron chi connectivity index (χ4n) is 3.54. The van der Waals surface area contributed by atoms with E-state index in [9.17, 15) is 4.79 Å². The maximum atomic E-state index is 12.2. The fourth-order valence-corrected chi connectivity index (χ4v) is 7.58. The normalized spacial score (nSPS) is 30.4. The van der Waals surface area contributed by atoms with Gasteiger partial charge < -0.3 is 0 Å². The van der Waals surface area contributed by atoms with Crippen molar-refractivity contribution in [2.24, 2.45) is 5.92 Å². The molecule has 0 N–H and O–H groups in total. The molecule has 2 aromatic carbocycles. The standard InChI is InChI=1S/C20H19BrO3Se/c21-17-16-11-14(12-23-20(22)13-7-3-1-4-8-13)18(24-16)19(17)25-15-9-5-2-6-10-15/h1-10,14,16-19H,11-12H2/t14-,16+,17-,18-,19+/m1/s1. The number of esters is 1. The van der Waals surface area contributed by atoms with Crippen molar-refractivity contribution < 1.29 is 14.3 Å². The first-order valence-corrected chi connectivity index (χ1v) is 11.2.